The van der Waals surface area contributed by atoms with E-state index in [2.05, 4.69) is 57.1 Å². The van der Waals surface area contributed by atoms with Crippen molar-refractivity contribution in [3.05, 3.63) is 47.8 Å². The molecule has 0 radical (unpaired) electrons. The number of pyridine rings is 1. The summed E-state index contributed by atoms with van der Waals surface area (Å²) in [5.41, 5.74) is 1.72. The van der Waals surface area contributed by atoms with Gasteiger partial charge in [0.25, 0.3) is 0 Å². The Bertz CT molecular complexity index is 851. The average molecular weight is 338 g/mol. The third-order valence-electron chi connectivity index (χ3n) is 3.98. The highest BCUT2D eigenvalue weighted by atomic mass is 15.3. The fraction of sp³-hybridized carbons (Fsp3) is 0.474. The smallest absolute Gasteiger partial charge is 0.160 e. The quantitative estimate of drug-likeness (QED) is 0.788. The van der Waals surface area contributed by atoms with E-state index < -0.39 is 0 Å². The van der Waals surface area contributed by atoms with Crippen LogP contribution in [-0.2, 0) is 17.4 Å². The van der Waals surface area contributed by atoms with Crippen molar-refractivity contribution in [1.29, 1.82) is 0 Å². The lowest BCUT2D eigenvalue weighted by molar-refractivity contribution is 0.514. The van der Waals surface area contributed by atoms with E-state index >= 15 is 0 Å². The van der Waals surface area contributed by atoms with Crippen LogP contribution in [-0.4, -0.2) is 24.6 Å². The summed E-state index contributed by atoms with van der Waals surface area (Å²) >= 11 is 0. The second-order valence-corrected chi connectivity index (χ2v) is 8.36. The zero-order valence-corrected chi connectivity index (χ0v) is 15.8. The third-order valence-corrected chi connectivity index (χ3v) is 3.98. The van der Waals surface area contributed by atoms with Gasteiger partial charge in [0.15, 0.2) is 11.5 Å². The molecule has 0 amide bonds. The van der Waals surface area contributed by atoms with Crippen molar-refractivity contribution in [3.8, 4) is 0 Å². The topological polar surface area (TPSA) is 68.0 Å². The predicted octanol–water partition coefficient (Wildman–Crippen LogP) is 3.73. The molecule has 0 fully saturated rings. The minimum atomic E-state index is -0.112. The van der Waals surface area contributed by atoms with Gasteiger partial charge in [-0.2, -0.15) is 0 Å². The van der Waals surface area contributed by atoms with E-state index in [1.54, 1.807) is 0 Å². The molecule has 0 saturated carbocycles. The van der Waals surface area contributed by atoms with Gasteiger partial charge in [0, 0.05) is 23.1 Å². The Labute approximate surface area is 148 Å². The van der Waals surface area contributed by atoms with Crippen LogP contribution < -0.4 is 5.32 Å². The van der Waals surface area contributed by atoms with Gasteiger partial charge in [-0.1, -0.05) is 47.6 Å². The molecule has 6 heteroatoms. The zero-order chi connectivity index (χ0) is 18.2. The first-order valence-electron chi connectivity index (χ1n) is 8.57. The lowest BCUT2D eigenvalue weighted by atomic mass is 9.90. The Hall–Kier alpha value is -2.50. The summed E-state index contributed by atoms with van der Waals surface area (Å²) < 4.78 is 1.98. The summed E-state index contributed by atoms with van der Waals surface area (Å²) in [6.45, 7) is 13.4. The van der Waals surface area contributed by atoms with Crippen molar-refractivity contribution in [2.24, 2.45) is 0 Å². The molecular formula is C19H26N6. The SMILES string of the molecule is CC(C)(C)c1cc(NCc2nnc3ccccn23)nc(C(C)(C)C)n1. The minimum absolute atomic E-state index is 0.0407. The van der Waals surface area contributed by atoms with Crippen LogP contribution in [0.4, 0.5) is 5.82 Å². The number of aromatic nitrogens is 5. The molecule has 0 saturated heterocycles. The molecule has 0 aromatic carbocycles. The fourth-order valence-corrected chi connectivity index (χ4v) is 2.44. The first-order chi connectivity index (χ1) is 11.6. The fourth-order valence-electron chi connectivity index (χ4n) is 2.44. The van der Waals surface area contributed by atoms with E-state index in [9.17, 15) is 0 Å². The molecule has 0 bridgehead atoms. The molecule has 3 heterocycles. The van der Waals surface area contributed by atoms with Crippen LogP contribution >= 0.6 is 0 Å². The van der Waals surface area contributed by atoms with Gasteiger partial charge in [-0.3, -0.25) is 4.40 Å². The molecule has 0 aliphatic heterocycles. The van der Waals surface area contributed by atoms with E-state index in [1.165, 1.54) is 0 Å². The van der Waals surface area contributed by atoms with Crippen LogP contribution in [0.15, 0.2) is 30.5 Å². The number of nitrogens with zero attached hydrogens (tertiary/aromatic N) is 5. The molecule has 6 nitrogen and oxygen atoms in total. The van der Waals surface area contributed by atoms with Crippen LogP contribution in [0.2, 0.25) is 0 Å². The van der Waals surface area contributed by atoms with E-state index in [-0.39, 0.29) is 10.8 Å². The first kappa shape index (κ1) is 17.3. The van der Waals surface area contributed by atoms with Gasteiger partial charge in [0.05, 0.1) is 12.2 Å². The molecule has 25 heavy (non-hydrogen) atoms. The maximum absolute atomic E-state index is 4.79. The molecule has 0 unspecified atom stereocenters. The van der Waals surface area contributed by atoms with Gasteiger partial charge in [-0.25, -0.2) is 9.97 Å². The largest absolute Gasteiger partial charge is 0.363 e. The zero-order valence-electron chi connectivity index (χ0n) is 15.8. The van der Waals surface area contributed by atoms with Crippen molar-refractivity contribution in [3.63, 3.8) is 0 Å². The van der Waals surface area contributed by atoms with E-state index in [4.69, 9.17) is 9.97 Å². The van der Waals surface area contributed by atoms with Crippen LogP contribution in [0.1, 0.15) is 58.9 Å². The van der Waals surface area contributed by atoms with Gasteiger partial charge in [-0.05, 0) is 12.1 Å². The average Bonchev–Trinajstić information content (AvgIpc) is 2.94. The Morgan fingerprint density at radius 3 is 2.40 bits per heavy atom. The summed E-state index contributed by atoms with van der Waals surface area (Å²) in [4.78, 5) is 9.50. The molecule has 0 atom stereocenters. The third kappa shape index (κ3) is 3.78. The Balaban J connectivity index is 1.91. The molecule has 3 aromatic heterocycles. The van der Waals surface area contributed by atoms with Crippen molar-refractivity contribution in [2.75, 3.05) is 5.32 Å². The van der Waals surface area contributed by atoms with Gasteiger partial charge in [0.1, 0.15) is 11.6 Å². The van der Waals surface area contributed by atoms with E-state index in [0.29, 0.717) is 6.54 Å². The summed E-state index contributed by atoms with van der Waals surface area (Å²) in [5.74, 6) is 2.51. The number of hydrogen-bond acceptors (Lipinski definition) is 5. The highest BCUT2D eigenvalue weighted by Crippen LogP contribution is 2.26. The summed E-state index contributed by atoms with van der Waals surface area (Å²) in [6.07, 6.45) is 1.97. The minimum Gasteiger partial charge on any atom is -0.363 e. The summed E-state index contributed by atoms with van der Waals surface area (Å²) in [6, 6.07) is 7.89. The van der Waals surface area contributed by atoms with Gasteiger partial charge in [0.2, 0.25) is 0 Å². The maximum Gasteiger partial charge on any atom is 0.160 e. The second-order valence-electron chi connectivity index (χ2n) is 8.36. The van der Waals surface area contributed by atoms with Crippen molar-refractivity contribution in [2.45, 2.75) is 58.9 Å². The lowest BCUT2D eigenvalue weighted by Gasteiger charge is -2.24. The number of anilines is 1. The van der Waals surface area contributed by atoms with Crippen LogP contribution in [0, 0.1) is 0 Å². The Morgan fingerprint density at radius 2 is 1.72 bits per heavy atom. The molecule has 0 spiro atoms. The lowest BCUT2D eigenvalue weighted by Crippen LogP contribution is -2.22. The van der Waals surface area contributed by atoms with Gasteiger partial charge in [-0.15, -0.1) is 10.2 Å². The van der Waals surface area contributed by atoms with Crippen molar-refractivity contribution >= 4 is 11.5 Å². The Morgan fingerprint density at radius 1 is 0.960 bits per heavy atom. The second kappa shape index (κ2) is 6.10. The molecule has 0 aliphatic rings. The van der Waals surface area contributed by atoms with Crippen LogP contribution in [0.25, 0.3) is 5.65 Å². The van der Waals surface area contributed by atoms with Crippen LogP contribution in [0.5, 0.6) is 0 Å². The van der Waals surface area contributed by atoms with Crippen molar-refractivity contribution < 1.29 is 0 Å². The molecule has 3 aromatic rings. The number of rotatable bonds is 3. The van der Waals surface area contributed by atoms with E-state index in [1.807, 2.05) is 34.9 Å². The van der Waals surface area contributed by atoms with Crippen molar-refractivity contribution in [1.82, 2.24) is 24.6 Å². The predicted molar refractivity (Wildman–Crippen MR) is 99.7 cm³/mol. The monoisotopic (exact) mass is 338 g/mol. The van der Waals surface area contributed by atoms with Crippen LogP contribution in [0.3, 0.4) is 0 Å². The number of fused-ring (bicyclic) bond motifs is 1. The van der Waals surface area contributed by atoms with Gasteiger partial charge >= 0.3 is 0 Å². The first-order valence-corrected chi connectivity index (χ1v) is 8.57. The molecule has 0 aliphatic carbocycles. The normalized spacial score (nSPS) is 12.6. The maximum atomic E-state index is 4.79. The molecular weight excluding hydrogens is 312 g/mol. The highest BCUT2D eigenvalue weighted by molar-refractivity contribution is 5.41. The summed E-state index contributed by atoms with van der Waals surface area (Å²) in [7, 11) is 0. The summed E-state index contributed by atoms with van der Waals surface area (Å²) in [5, 5.41) is 11.8. The molecule has 1 N–H and O–H groups in total. The highest BCUT2D eigenvalue weighted by Gasteiger charge is 2.23. The number of nitrogens with one attached hydrogen (secondary N) is 1. The molecule has 3 rings (SSSR count). The molecule has 132 valence electrons. The Kier molecular flexibility index (Phi) is 4.22. The standard InChI is InChI=1S/C19H26N6/c1-18(2,3)13-11-14(22-17(21-13)19(4,5)6)20-12-16-24-23-15-9-7-8-10-25(15)16/h7-11H,12H2,1-6H3,(H,20,21,22). The van der Waals surface area contributed by atoms with E-state index in [0.717, 1.165) is 28.8 Å². The number of hydrogen-bond donors (Lipinski definition) is 1. The van der Waals surface area contributed by atoms with Gasteiger partial charge < -0.3 is 5.32 Å².